The Morgan fingerprint density at radius 2 is 1.84 bits per heavy atom. The van der Waals surface area contributed by atoms with Crippen molar-refractivity contribution in [3.05, 3.63) is 45.1 Å². The predicted octanol–water partition coefficient (Wildman–Crippen LogP) is 0.350. The van der Waals surface area contributed by atoms with E-state index in [-0.39, 0.29) is 11.5 Å². The first kappa shape index (κ1) is 17.3. The van der Waals surface area contributed by atoms with Crippen molar-refractivity contribution in [2.45, 2.75) is 27.3 Å². The van der Waals surface area contributed by atoms with E-state index in [2.05, 4.69) is 20.2 Å². The maximum atomic E-state index is 12.7. The van der Waals surface area contributed by atoms with E-state index in [1.54, 1.807) is 12.1 Å². The standard InChI is InChI=1S/C17H24N6O2/c1-12-4-5-15(24)23(20-12)11-8-21-6-9-22(10-7-21)17(25)16-13(2)18-19-14(16)3/h4-5H,6-11H2,1-3H3,(H,18,19). The molecule has 0 spiro atoms. The normalized spacial score (nSPS) is 15.6. The highest BCUT2D eigenvalue weighted by molar-refractivity contribution is 5.96. The minimum Gasteiger partial charge on any atom is -0.336 e. The van der Waals surface area contributed by atoms with Crippen LogP contribution in [0.3, 0.4) is 0 Å². The molecule has 25 heavy (non-hydrogen) atoms. The van der Waals surface area contributed by atoms with Crippen LogP contribution in [0.15, 0.2) is 16.9 Å². The van der Waals surface area contributed by atoms with E-state index in [1.165, 1.54) is 4.68 Å². The first-order valence-electron chi connectivity index (χ1n) is 8.53. The second-order valence-corrected chi connectivity index (χ2v) is 6.48. The summed E-state index contributed by atoms with van der Waals surface area (Å²) in [5.41, 5.74) is 3.00. The molecule has 3 rings (SSSR count). The summed E-state index contributed by atoms with van der Waals surface area (Å²) in [7, 11) is 0. The molecule has 0 unspecified atom stereocenters. The van der Waals surface area contributed by atoms with Gasteiger partial charge in [0, 0.05) is 44.5 Å². The van der Waals surface area contributed by atoms with Crippen molar-refractivity contribution in [2.24, 2.45) is 0 Å². The zero-order valence-electron chi connectivity index (χ0n) is 14.9. The number of aromatic amines is 1. The average Bonchev–Trinajstić information content (AvgIpc) is 2.94. The van der Waals surface area contributed by atoms with Crippen molar-refractivity contribution in [2.75, 3.05) is 32.7 Å². The Labute approximate surface area is 146 Å². The number of nitrogens with zero attached hydrogens (tertiary/aromatic N) is 5. The van der Waals surface area contributed by atoms with E-state index >= 15 is 0 Å². The third-order valence-electron chi connectivity index (χ3n) is 4.63. The Balaban J connectivity index is 1.54. The van der Waals surface area contributed by atoms with Crippen LogP contribution in [-0.4, -0.2) is 68.4 Å². The predicted molar refractivity (Wildman–Crippen MR) is 93.6 cm³/mol. The number of amides is 1. The number of H-pyrrole nitrogens is 1. The highest BCUT2D eigenvalue weighted by atomic mass is 16.2. The summed E-state index contributed by atoms with van der Waals surface area (Å²) in [6.45, 7) is 9.86. The fourth-order valence-corrected chi connectivity index (χ4v) is 3.15. The lowest BCUT2D eigenvalue weighted by Crippen LogP contribution is -2.49. The molecule has 134 valence electrons. The van der Waals surface area contributed by atoms with Gasteiger partial charge in [0.2, 0.25) is 0 Å². The molecule has 0 atom stereocenters. The van der Waals surface area contributed by atoms with Crippen molar-refractivity contribution in [1.82, 2.24) is 29.8 Å². The molecule has 8 nitrogen and oxygen atoms in total. The topological polar surface area (TPSA) is 87.1 Å². The molecule has 0 aliphatic carbocycles. The Morgan fingerprint density at radius 1 is 1.12 bits per heavy atom. The van der Waals surface area contributed by atoms with E-state index in [0.717, 1.165) is 36.7 Å². The first-order chi connectivity index (χ1) is 12.0. The van der Waals surface area contributed by atoms with Crippen LogP contribution in [0, 0.1) is 20.8 Å². The Hall–Kier alpha value is -2.48. The molecule has 1 aliphatic rings. The number of piperazine rings is 1. The summed E-state index contributed by atoms with van der Waals surface area (Å²) >= 11 is 0. The van der Waals surface area contributed by atoms with Gasteiger partial charge in [0.1, 0.15) is 0 Å². The van der Waals surface area contributed by atoms with Crippen molar-refractivity contribution >= 4 is 5.91 Å². The van der Waals surface area contributed by atoms with Crippen LogP contribution >= 0.6 is 0 Å². The van der Waals surface area contributed by atoms with E-state index in [0.29, 0.717) is 25.2 Å². The highest BCUT2D eigenvalue weighted by Gasteiger charge is 2.25. The zero-order chi connectivity index (χ0) is 18.0. The number of rotatable bonds is 4. The minimum atomic E-state index is -0.0784. The molecule has 0 aromatic carbocycles. The number of aromatic nitrogens is 4. The Kier molecular flexibility index (Phi) is 4.98. The van der Waals surface area contributed by atoms with Crippen molar-refractivity contribution in [1.29, 1.82) is 0 Å². The molecule has 1 fully saturated rings. The monoisotopic (exact) mass is 344 g/mol. The average molecular weight is 344 g/mol. The van der Waals surface area contributed by atoms with Crippen LogP contribution < -0.4 is 5.56 Å². The number of nitrogens with one attached hydrogen (secondary N) is 1. The molecule has 2 aromatic rings. The summed E-state index contributed by atoms with van der Waals surface area (Å²) in [6, 6.07) is 3.28. The van der Waals surface area contributed by atoms with Gasteiger partial charge in [0.05, 0.1) is 23.5 Å². The van der Waals surface area contributed by atoms with Crippen molar-refractivity contribution in [3.8, 4) is 0 Å². The van der Waals surface area contributed by atoms with Gasteiger partial charge in [-0.25, -0.2) is 4.68 Å². The van der Waals surface area contributed by atoms with Crippen LogP contribution in [0.4, 0.5) is 0 Å². The smallest absolute Gasteiger partial charge is 0.266 e. The second-order valence-electron chi connectivity index (χ2n) is 6.48. The molecule has 1 N–H and O–H groups in total. The van der Waals surface area contributed by atoms with Gasteiger partial charge >= 0.3 is 0 Å². The number of aryl methyl sites for hydroxylation is 3. The van der Waals surface area contributed by atoms with Gasteiger partial charge in [-0.15, -0.1) is 0 Å². The van der Waals surface area contributed by atoms with Crippen molar-refractivity contribution in [3.63, 3.8) is 0 Å². The van der Waals surface area contributed by atoms with Crippen LogP contribution in [0.5, 0.6) is 0 Å². The van der Waals surface area contributed by atoms with Crippen LogP contribution in [0.1, 0.15) is 27.4 Å². The minimum absolute atomic E-state index is 0.0416. The molecule has 0 radical (unpaired) electrons. The quantitative estimate of drug-likeness (QED) is 0.865. The van der Waals surface area contributed by atoms with Gasteiger partial charge < -0.3 is 4.90 Å². The molecule has 1 aliphatic heterocycles. The van der Waals surface area contributed by atoms with Gasteiger partial charge in [0.15, 0.2) is 0 Å². The van der Waals surface area contributed by atoms with Gasteiger partial charge in [0.25, 0.3) is 11.5 Å². The highest BCUT2D eigenvalue weighted by Crippen LogP contribution is 2.14. The maximum Gasteiger partial charge on any atom is 0.266 e. The molecule has 0 bridgehead atoms. The summed E-state index contributed by atoms with van der Waals surface area (Å²) in [4.78, 5) is 28.6. The SMILES string of the molecule is Cc1ccc(=O)n(CCN2CCN(C(=O)c3c(C)n[nH]c3C)CC2)n1. The molecule has 3 heterocycles. The van der Waals surface area contributed by atoms with Gasteiger partial charge in [-0.05, 0) is 26.8 Å². The van der Waals surface area contributed by atoms with Crippen molar-refractivity contribution < 1.29 is 4.79 Å². The van der Waals surface area contributed by atoms with E-state index in [4.69, 9.17) is 0 Å². The summed E-state index contributed by atoms with van der Waals surface area (Å²) in [5.74, 6) is 0.0416. The third-order valence-corrected chi connectivity index (χ3v) is 4.63. The molecule has 1 amide bonds. The van der Waals surface area contributed by atoms with Gasteiger partial charge in [-0.1, -0.05) is 0 Å². The Morgan fingerprint density at radius 3 is 2.48 bits per heavy atom. The van der Waals surface area contributed by atoms with E-state index in [1.807, 2.05) is 25.7 Å². The summed E-state index contributed by atoms with van der Waals surface area (Å²) in [6.07, 6.45) is 0. The number of hydrogen-bond donors (Lipinski definition) is 1. The fourth-order valence-electron chi connectivity index (χ4n) is 3.15. The lowest BCUT2D eigenvalue weighted by molar-refractivity contribution is 0.0630. The Bertz CT molecular complexity index is 797. The molecular weight excluding hydrogens is 320 g/mol. The number of carbonyl (C=O) groups excluding carboxylic acids is 1. The molecule has 1 saturated heterocycles. The number of carbonyl (C=O) groups is 1. The fraction of sp³-hybridized carbons (Fsp3) is 0.529. The summed E-state index contributed by atoms with van der Waals surface area (Å²) < 4.78 is 1.51. The van der Waals surface area contributed by atoms with Gasteiger partial charge in [-0.2, -0.15) is 10.2 Å². The third kappa shape index (κ3) is 3.79. The van der Waals surface area contributed by atoms with E-state index < -0.39 is 0 Å². The first-order valence-corrected chi connectivity index (χ1v) is 8.53. The van der Waals surface area contributed by atoms with E-state index in [9.17, 15) is 9.59 Å². The van der Waals surface area contributed by atoms with Gasteiger partial charge in [-0.3, -0.25) is 19.6 Å². The second kappa shape index (κ2) is 7.18. The van der Waals surface area contributed by atoms with Crippen LogP contribution in [0.25, 0.3) is 0 Å². The maximum absolute atomic E-state index is 12.7. The number of hydrogen-bond acceptors (Lipinski definition) is 5. The molecule has 0 saturated carbocycles. The molecule has 2 aromatic heterocycles. The zero-order valence-corrected chi connectivity index (χ0v) is 14.9. The molecule has 8 heteroatoms. The molecular formula is C17H24N6O2. The van der Waals surface area contributed by atoms with Crippen LogP contribution in [0.2, 0.25) is 0 Å². The summed E-state index contributed by atoms with van der Waals surface area (Å²) in [5, 5.41) is 11.2. The largest absolute Gasteiger partial charge is 0.336 e. The van der Waals surface area contributed by atoms with Crippen LogP contribution in [-0.2, 0) is 6.54 Å². The lowest BCUT2D eigenvalue weighted by Gasteiger charge is -2.34. The lowest BCUT2D eigenvalue weighted by atomic mass is 10.1.